The highest BCUT2D eigenvalue weighted by atomic mass is 79.9. The molecule has 0 unspecified atom stereocenters. The largest absolute Gasteiger partial charge is 0.457 e. The second kappa shape index (κ2) is 2.66. The van der Waals surface area contributed by atoms with Crippen LogP contribution in [0.25, 0.3) is 0 Å². The molecule has 0 aromatic rings. The van der Waals surface area contributed by atoms with Gasteiger partial charge in [0.15, 0.2) is 5.60 Å². The molecule has 0 spiro atoms. The number of rotatable bonds is 0. The fourth-order valence-corrected chi connectivity index (χ4v) is 2.45. The Morgan fingerprint density at radius 2 is 2.08 bits per heavy atom. The Kier molecular flexibility index (Phi) is 1.92. The van der Waals surface area contributed by atoms with Crippen LogP contribution in [0.15, 0.2) is 0 Å². The van der Waals surface area contributed by atoms with E-state index >= 15 is 0 Å². The van der Waals surface area contributed by atoms with Crippen molar-refractivity contribution in [2.75, 3.05) is 0 Å². The van der Waals surface area contributed by atoms with Crippen molar-refractivity contribution in [1.29, 1.82) is 0 Å². The minimum Gasteiger partial charge on any atom is -0.457 e. The summed E-state index contributed by atoms with van der Waals surface area (Å²) in [6.07, 6.45) is -3.08. The van der Waals surface area contributed by atoms with Crippen LogP contribution in [0, 0.1) is 0 Å². The van der Waals surface area contributed by atoms with Crippen molar-refractivity contribution in [1.82, 2.24) is 0 Å². The number of halogens is 1. The maximum Gasteiger partial charge on any atom is 0.339 e. The van der Waals surface area contributed by atoms with Crippen molar-refractivity contribution in [2.24, 2.45) is 0 Å². The third kappa shape index (κ3) is 1.06. The second-order valence-electron chi connectivity index (χ2n) is 3.46. The normalized spacial score (nSPS) is 54.9. The topological polar surface area (TPSA) is 87.0 Å². The van der Waals surface area contributed by atoms with Crippen LogP contribution in [0.1, 0.15) is 6.42 Å². The van der Waals surface area contributed by atoms with Crippen molar-refractivity contribution in [3.63, 3.8) is 0 Å². The molecule has 0 aromatic heterocycles. The first kappa shape index (κ1) is 9.39. The molecule has 2 aliphatic rings. The molecule has 0 amide bonds. The predicted octanol–water partition coefficient (Wildman–Crippen LogP) is -1.47. The second-order valence-corrected chi connectivity index (χ2v) is 4.44. The van der Waals surface area contributed by atoms with Crippen LogP contribution in [-0.4, -0.2) is 50.0 Å². The molecule has 1 aliphatic carbocycles. The van der Waals surface area contributed by atoms with Crippen molar-refractivity contribution in [2.45, 2.75) is 35.2 Å². The molecule has 1 aliphatic heterocycles. The monoisotopic (exact) mass is 252 g/mol. The van der Waals surface area contributed by atoms with Crippen LogP contribution in [0.4, 0.5) is 0 Å². The highest BCUT2D eigenvalue weighted by Crippen LogP contribution is 2.41. The third-order valence-corrected chi connectivity index (χ3v) is 3.91. The zero-order valence-corrected chi connectivity index (χ0v) is 8.14. The smallest absolute Gasteiger partial charge is 0.339 e. The minimum absolute atomic E-state index is 0.0278. The van der Waals surface area contributed by atoms with Crippen molar-refractivity contribution >= 4 is 21.9 Å². The van der Waals surface area contributed by atoms with Gasteiger partial charge in [0.05, 0.1) is 10.9 Å². The van der Waals surface area contributed by atoms with Crippen LogP contribution >= 0.6 is 15.9 Å². The van der Waals surface area contributed by atoms with E-state index in [0.29, 0.717) is 0 Å². The van der Waals surface area contributed by atoms with Crippen LogP contribution in [0.2, 0.25) is 0 Å². The summed E-state index contributed by atoms with van der Waals surface area (Å²) in [5.74, 6) is -0.782. The summed E-state index contributed by atoms with van der Waals surface area (Å²) in [6.45, 7) is 0. The Labute approximate surface area is 82.4 Å². The third-order valence-electron chi connectivity index (χ3n) is 2.61. The number of fused-ring (bicyclic) bond motifs is 2. The molecule has 74 valence electrons. The first-order valence-electron chi connectivity index (χ1n) is 3.90. The first-order chi connectivity index (χ1) is 5.97. The maximum absolute atomic E-state index is 11.2. The van der Waals surface area contributed by atoms with E-state index in [9.17, 15) is 20.1 Å². The lowest BCUT2D eigenvalue weighted by atomic mass is 9.82. The average molecular weight is 253 g/mol. The van der Waals surface area contributed by atoms with Gasteiger partial charge in [0, 0.05) is 6.42 Å². The number of aliphatic hydroxyl groups excluding tert-OH is 2. The Balaban J connectivity index is 2.36. The molecule has 0 aromatic carbocycles. The quantitative estimate of drug-likeness (QED) is 0.362. The molecule has 2 fully saturated rings. The van der Waals surface area contributed by atoms with Gasteiger partial charge in [-0.3, -0.25) is 0 Å². The van der Waals surface area contributed by atoms with Gasteiger partial charge in [0.25, 0.3) is 0 Å². The summed E-state index contributed by atoms with van der Waals surface area (Å²) in [5, 5.41) is 28.6. The number of hydrogen-bond donors (Lipinski definition) is 3. The first-order valence-corrected chi connectivity index (χ1v) is 4.82. The highest BCUT2D eigenvalue weighted by molar-refractivity contribution is 9.09. The number of esters is 1. The van der Waals surface area contributed by atoms with E-state index in [2.05, 4.69) is 15.9 Å². The van der Waals surface area contributed by atoms with Gasteiger partial charge in [0.1, 0.15) is 12.2 Å². The van der Waals surface area contributed by atoms with E-state index in [1.165, 1.54) is 0 Å². The molecule has 1 saturated heterocycles. The molecule has 6 heteroatoms. The molecule has 1 heterocycles. The highest BCUT2D eigenvalue weighted by Gasteiger charge is 2.62. The fourth-order valence-electron chi connectivity index (χ4n) is 1.76. The number of carbonyl (C=O) groups excluding carboxylic acids is 1. The lowest BCUT2D eigenvalue weighted by molar-refractivity contribution is -0.154. The number of ether oxygens (including phenoxy) is 1. The van der Waals surface area contributed by atoms with E-state index in [0.717, 1.165) is 0 Å². The van der Waals surface area contributed by atoms with Crippen LogP contribution in [-0.2, 0) is 9.53 Å². The summed E-state index contributed by atoms with van der Waals surface area (Å²) >= 11 is 2.98. The summed E-state index contributed by atoms with van der Waals surface area (Å²) < 4.78 is 4.71. The van der Waals surface area contributed by atoms with Gasteiger partial charge in [-0.2, -0.15) is 0 Å². The molecule has 13 heavy (non-hydrogen) atoms. The Morgan fingerprint density at radius 3 is 2.69 bits per heavy atom. The van der Waals surface area contributed by atoms with Gasteiger partial charge in [0.2, 0.25) is 0 Å². The van der Waals surface area contributed by atoms with E-state index in [1.54, 1.807) is 0 Å². The summed E-state index contributed by atoms with van der Waals surface area (Å²) in [5.41, 5.74) is -1.69. The zero-order valence-electron chi connectivity index (χ0n) is 6.55. The Bertz CT molecular complexity index is 257. The van der Waals surface area contributed by atoms with E-state index in [4.69, 9.17) is 4.74 Å². The SMILES string of the molecule is O=C1O[C@H]2C[C@@]1(O)[C@H](Br)[C@@H](O)[C@H]2O. The number of carbonyl (C=O) groups is 1. The average Bonchev–Trinajstić information content (AvgIpc) is 2.37. The minimum atomic E-state index is -1.69. The Hall–Kier alpha value is -0.170. The molecule has 2 rings (SSSR count). The lowest BCUT2D eigenvalue weighted by Crippen LogP contribution is -2.57. The molecular weight excluding hydrogens is 244 g/mol. The van der Waals surface area contributed by atoms with Crippen molar-refractivity contribution in [3.05, 3.63) is 0 Å². The summed E-state index contributed by atoms with van der Waals surface area (Å²) in [6, 6.07) is 0. The fraction of sp³-hybridized carbons (Fsp3) is 0.857. The number of alkyl halides is 1. The van der Waals surface area contributed by atoms with Crippen LogP contribution in [0.5, 0.6) is 0 Å². The van der Waals surface area contributed by atoms with Gasteiger partial charge in [-0.05, 0) is 0 Å². The van der Waals surface area contributed by atoms with Gasteiger partial charge in [-0.25, -0.2) is 4.79 Å². The maximum atomic E-state index is 11.2. The molecule has 1 saturated carbocycles. The summed E-state index contributed by atoms with van der Waals surface area (Å²) in [7, 11) is 0. The van der Waals surface area contributed by atoms with Crippen molar-refractivity contribution in [3.8, 4) is 0 Å². The van der Waals surface area contributed by atoms with Gasteiger partial charge in [-0.1, -0.05) is 15.9 Å². The molecular formula is C7H9BrO5. The van der Waals surface area contributed by atoms with Crippen LogP contribution in [0.3, 0.4) is 0 Å². The molecule has 2 bridgehead atoms. The standard InChI is InChI=1S/C7H9BrO5/c8-5-4(10)3(9)2-1-7(5,12)6(11)13-2/h2-5,9-10,12H,1H2/t2-,3-,4-,5+,7+/m0/s1. The summed E-state index contributed by atoms with van der Waals surface area (Å²) in [4.78, 5) is 10.3. The van der Waals surface area contributed by atoms with Crippen LogP contribution < -0.4 is 0 Å². The van der Waals surface area contributed by atoms with Gasteiger partial charge < -0.3 is 20.1 Å². The lowest BCUT2D eigenvalue weighted by Gasteiger charge is -2.35. The van der Waals surface area contributed by atoms with Gasteiger partial charge >= 0.3 is 5.97 Å². The van der Waals surface area contributed by atoms with Crippen molar-refractivity contribution < 1.29 is 24.9 Å². The molecule has 5 atom stereocenters. The van der Waals surface area contributed by atoms with Gasteiger partial charge in [-0.15, -0.1) is 0 Å². The van der Waals surface area contributed by atoms with E-state index < -0.39 is 34.7 Å². The molecule has 3 N–H and O–H groups in total. The number of hydrogen-bond acceptors (Lipinski definition) is 5. The van der Waals surface area contributed by atoms with E-state index in [-0.39, 0.29) is 6.42 Å². The zero-order chi connectivity index (χ0) is 9.80. The number of aliphatic hydroxyl groups is 3. The predicted molar refractivity (Wildman–Crippen MR) is 44.2 cm³/mol. The van der Waals surface area contributed by atoms with E-state index in [1.807, 2.05) is 0 Å². The molecule has 0 radical (unpaired) electrons. The Morgan fingerprint density at radius 1 is 1.46 bits per heavy atom. The molecule has 5 nitrogen and oxygen atoms in total.